The van der Waals surface area contributed by atoms with E-state index in [1.54, 1.807) is 0 Å². The Morgan fingerprint density at radius 1 is 1.43 bits per heavy atom. The lowest BCUT2D eigenvalue weighted by atomic mass is 9.64. The number of hydrogen-bond donors (Lipinski definition) is 1. The highest BCUT2D eigenvalue weighted by Crippen LogP contribution is 2.45. The van der Waals surface area contributed by atoms with Gasteiger partial charge in [0.2, 0.25) is 0 Å². The molecule has 1 saturated carbocycles. The number of nitro groups is 1. The van der Waals surface area contributed by atoms with Gasteiger partial charge in [-0.1, -0.05) is 44.0 Å². The first-order valence-electron chi connectivity index (χ1n) is 6.80. The number of ether oxygens (including phenoxy) is 1. The highest BCUT2D eigenvalue weighted by molar-refractivity contribution is 6.42. The Morgan fingerprint density at radius 3 is 2.57 bits per heavy atom. The first-order valence-corrected chi connectivity index (χ1v) is 7.56. The number of nitrogens with zero attached hydrogens (tertiary/aromatic N) is 1. The van der Waals surface area contributed by atoms with Crippen molar-refractivity contribution in [2.45, 2.75) is 39.3 Å². The van der Waals surface area contributed by atoms with Crippen molar-refractivity contribution in [1.29, 1.82) is 0 Å². The number of rotatable bonds is 5. The summed E-state index contributed by atoms with van der Waals surface area (Å²) in [6.45, 7) is 7.09. The van der Waals surface area contributed by atoms with Crippen LogP contribution in [-0.2, 0) is 0 Å². The van der Waals surface area contributed by atoms with E-state index in [1.165, 1.54) is 12.1 Å². The van der Waals surface area contributed by atoms with Gasteiger partial charge in [0.15, 0.2) is 5.75 Å². The Kier molecular flexibility index (Phi) is 4.66. The van der Waals surface area contributed by atoms with Crippen molar-refractivity contribution in [3.05, 3.63) is 32.3 Å². The molecule has 21 heavy (non-hydrogen) atoms. The summed E-state index contributed by atoms with van der Waals surface area (Å²) < 4.78 is 5.85. The molecule has 0 bridgehead atoms. The minimum Gasteiger partial charge on any atom is -0.483 e. The average Bonchev–Trinajstić information content (AvgIpc) is 2.41. The van der Waals surface area contributed by atoms with Crippen molar-refractivity contribution in [3.8, 4) is 5.75 Å². The molecule has 1 aliphatic rings. The normalized spacial score (nSPS) is 23.5. The molecule has 1 aromatic carbocycles. The first kappa shape index (κ1) is 16.3. The van der Waals surface area contributed by atoms with Crippen molar-refractivity contribution >= 4 is 28.9 Å². The van der Waals surface area contributed by atoms with Crippen LogP contribution < -0.4 is 10.1 Å². The molecule has 0 saturated heterocycles. The molecule has 5 nitrogen and oxygen atoms in total. The highest BCUT2D eigenvalue weighted by atomic mass is 35.5. The predicted octanol–water partition coefficient (Wildman–Crippen LogP) is 4.06. The minimum absolute atomic E-state index is 0.0995. The minimum atomic E-state index is -0.509. The molecule has 7 heteroatoms. The zero-order valence-corrected chi connectivity index (χ0v) is 13.7. The van der Waals surface area contributed by atoms with Crippen LogP contribution in [-0.4, -0.2) is 23.6 Å². The average molecular weight is 333 g/mol. The standard InChI is InChI=1S/C14H18Cl2N2O3/c1-4-17-12-7-13(14(12,2)3)21-11-6-9(16)8(15)5-10(11)18(19)20/h5-6,12-13,17H,4,7H2,1-3H3. The van der Waals surface area contributed by atoms with Gasteiger partial charge in [0.05, 0.1) is 15.0 Å². The van der Waals surface area contributed by atoms with Gasteiger partial charge >= 0.3 is 5.69 Å². The third kappa shape index (κ3) is 3.10. The molecular formula is C14H18Cl2N2O3. The molecule has 1 fully saturated rings. The molecule has 116 valence electrons. The lowest BCUT2D eigenvalue weighted by molar-refractivity contribution is -0.386. The van der Waals surface area contributed by atoms with Crippen molar-refractivity contribution in [1.82, 2.24) is 5.32 Å². The second-order valence-electron chi connectivity index (χ2n) is 5.76. The van der Waals surface area contributed by atoms with Crippen LogP contribution in [0.1, 0.15) is 27.2 Å². The monoisotopic (exact) mass is 332 g/mol. The summed E-state index contributed by atoms with van der Waals surface area (Å²) in [5, 5.41) is 14.9. The summed E-state index contributed by atoms with van der Waals surface area (Å²) in [4.78, 5) is 10.6. The summed E-state index contributed by atoms with van der Waals surface area (Å²) in [5.41, 5.74) is -0.261. The van der Waals surface area contributed by atoms with E-state index in [1.807, 2.05) is 6.92 Å². The maximum atomic E-state index is 11.1. The fourth-order valence-electron chi connectivity index (χ4n) is 2.59. The molecule has 1 aromatic rings. The van der Waals surface area contributed by atoms with E-state index in [0.717, 1.165) is 13.0 Å². The Labute approximate surface area is 133 Å². The van der Waals surface area contributed by atoms with Crippen molar-refractivity contribution in [2.24, 2.45) is 5.41 Å². The quantitative estimate of drug-likeness (QED) is 0.652. The molecule has 0 amide bonds. The summed E-state index contributed by atoms with van der Waals surface area (Å²) in [6, 6.07) is 2.99. The molecule has 2 rings (SSSR count). The molecule has 1 aliphatic carbocycles. The fraction of sp³-hybridized carbons (Fsp3) is 0.571. The lowest BCUT2D eigenvalue weighted by Crippen LogP contribution is -2.62. The molecule has 0 aliphatic heterocycles. The second-order valence-corrected chi connectivity index (χ2v) is 6.58. The fourth-order valence-corrected chi connectivity index (χ4v) is 2.90. The van der Waals surface area contributed by atoms with Crippen LogP contribution in [0.25, 0.3) is 0 Å². The number of halogens is 2. The molecule has 0 heterocycles. The SMILES string of the molecule is CCNC1CC(Oc2cc(Cl)c(Cl)cc2[N+](=O)[O-])C1(C)C. The largest absolute Gasteiger partial charge is 0.483 e. The van der Waals surface area contributed by atoms with E-state index in [2.05, 4.69) is 19.2 Å². The zero-order valence-electron chi connectivity index (χ0n) is 12.2. The maximum absolute atomic E-state index is 11.1. The van der Waals surface area contributed by atoms with Gasteiger partial charge in [0.25, 0.3) is 0 Å². The van der Waals surface area contributed by atoms with Crippen LogP contribution in [0.15, 0.2) is 12.1 Å². The van der Waals surface area contributed by atoms with Crippen molar-refractivity contribution < 1.29 is 9.66 Å². The van der Waals surface area contributed by atoms with Crippen LogP contribution in [0.3, 0.4) is 0 Å². The van der Waals surface area contributed by atoms with Crippen molar-refractivity contribution in [2.75, 3.05) is 6.54 Å². The van der Waals surface area contributed by atoms with Crippen LogP contribution in [0.4, 0.5) is 5.69 Å². The topological polar surface area (TPSA) is 64.4 Å². The van der Waals surface area contributed by atoms with E-state index in [0.29, 0.717) is 6.04 Å². The first-order chi connectivity index (χ1) is 9.77. The van der Waals surface area contributed by atoms with Gasteiger partial charge in [0, 0.05) is 30.0 Å². The van der Waals surface area contributed by atoms with Gasteiger partial charge in [-0.2, -0.15) is 0 Å². The van der Waals surface area contributed by atoms with Gasteiger partial charge in [-0.05, 0) is 6.54 Å². The smallest absolute Gasteiger partial charge is 0.312 e. The van der Waals surface area contributed by atoms with Gasteiger partial charge in [-0.3, -0.25) is 10.1 Å². The molecule has 1 N–H and O–H groups in total. The summed E-state index contributed by atoms with van der Waals surface area (Å²) in [6.07, 6.45) is 0.704. The molecule has 0 spiro atoms. The number of hydrogen-bond acceptors (Lipinski definition) is 4. The van der Waals surface area contributed by atoms with Gasteiger partial charge in [-0.15, -0.1) is 0 Å². The molecular weight excluding hydrogens is 315 g/mol. The van der Waals surface area contributed by atoms with E-state index >= 15 is 0 Å². The van der Waals surface area contributed by atoms with Crippen LogP contribution in [0.2, 0.25) is 10.0 Å². The van der Waals surface area contributed by atoms with Crippen LogP contribution in [0, 0.1) is 15.5 Å². The van der Waals surface area contributed by atoms with Gasteiger partial charge in [-0.25, -0.2) is 0 Å². The van der Waals surface area contributed by atoms with Crippen LogP contribution in [0.5, 0.6) is 5.75 Å². The van der Waals surface area contributed by atoms with E-state index < -0.39 is 4.92 Å². The van der Waals surface area contributed by atoms with Gasteiger partial charge < -0.3 is 10.1 Å². The number of benzene rings is 1. The van der Waals surface area contributed by atoms with E-state index in [9.17, 15) is 10.1 Å². The Morgan fingerprint density at radius 2 is 2.05 bits per heavy atom. The Balaban J connectivity index is 2.21. The van der Waals surface area contributed by atoms with Gasteiger partial charge in [0.1, 0.15) is 6.10 Å². The Bertz CT molecular complexity index is 563. The van der Waals surface area contributed by atoms with Crippen molar-refractivity contribution in [3.63, 3.8) is 0 Å². The van der Waals surface area contributed by atoms with Crippen LogP contribution >= 0.6 is 23.2 Å². The van der Waals surface area contributed by atoms with E-state index in [-0.39, 0.29) is 33.0 Å². The molecule has 0 aromatic heterocycles. The maximum Gasteiger partial charge on any atom is 0.312 e. The molecule has 2 unspecified atom stereocenters. The molecule has 0 radical (unpaired) electrons. The summed E-state index contributed by atoms with van der Waals surface area (Å²) >= 11 is 11.8. The second kappa shape index (κ2) is 5.99. The number of nitrogens with one attached hydrogen (secondary N) is 1. The zero-order chi connectivity index (χ0) is 15.8. The summed E-state index contributed by atoms with van der Waals surface area (Å²) in [5.74, 6) is 0.169. The summed E-state index contributed by atoms with van der Waals surface area (Å²) in [7, 11) is 0. The van der Waals surface area contributed by atoms with E-state index in [4.69, 9.17) is 27.9 Å². The lowest BCUT2D eigenvalue weighted by Gasteiger charge is -2.51. The third-order valence-corrected chi connectivity index (χ3v) is 4.82. The third-order valence-electron chi connectivity index (χ3n) is 4.10. The Hall–Kier alpha value is -1.04. The predicted molar refractivity (Wildman–Crippen MR) is 83.4 cm³/mol. The number of nitro benzene ring substituents is 1. The highest BCUT2D eigenvalue weighted by Gasteiger charge is 2.50. The molecule has 2 atom stereocenters.